The van der Waals surface area contributed by atoms with Crippen LogP contribution in [0, 0.1) is 10.1 Å². The van der Waals surface area contributed by atoms with Gasteiger partial charge in [0, 0.05) is 66.1 Å². The number of piperazine rings is 1. The average molecular weight is 523 g/mol. The monoisotopic (exact) mass is 522 g/mol. The number of ketones is 1. The molecule has 1 unspecified atom stereocenters. The Labute approximate surface area is 217 Å². The van der Waals surface area contributed by atoms with Gasteiger partial charge in [-0.05, 0) is 29.3 Å². The van der Waals surface area contributed by atoms with Crippen molar-refractivity contribution in [1.82, 2.24) is 14.8 Å². The van der Waals surface area contributed by atoms with Gasteiger partial charge in [0.2, 0.25) is 5.78 Å². The van der Waals surface area contributed by atoms with E-state index in [0.29, 0.717) is 31.2 Å². The summed E-state index contributed by atoms with van der Waals surface area (Å²) in [5.74, 6) is -0.448. The summed E-state index contributed by atoms with van der Waals surface area (Å²) in [6.07, 6.45) is 1.51. The first-order valence-corrected chi connectivity index (χ1v) is 12.9. The van der Waals surface area contributed by atoms with Crippen molar-refractivity contribution in [1.29, 1.82) is 0 Å². The molecular formula is C26H23ClN4O4S. The molecule has 0 bridgehead atoms. The molecule has 1 atom stereocenters. The van der Waals surface area contributed by atoms with Gasteiger partial charge in [-0.2, -0.15) is 0 Å². The minimum absolute atomic E-state index is 0.0802. The Balaban J connectivity index is 1.32. The fourth-order valence-electron chi connectivity index (χ4n) is 4.80. The number of rotatable bonds is 5. The molecule has 1 fully saturated rings. The van der Waals surface area contributed by atoms with Crippen LogP contribution in [0.3, 0.4) is 0 Å². The molecule has 3 aromatic rings. The topological polar surface area (TPSA) is 96.6 Å². The van der Waals surface area contributed by atoms with E-state index in [9.17, 15) is 19.7 Å². The fourth-order valence-corrected chi connectivity index (χ4v) is 6.15. The van der Waals surface area contributed by atoms with Crippen molar-refractivity contribution in [3.8, 4) is 0 Å². The molecule has 3 heterocycles. The van der Waals surface area contributed by atoms with Gasteiger partial charge in [-0.15, -0.1) is 11.8 Å². The Bertz CT molecular complexity index is 1340. The summed E-state index contributed by atoms with van der Waals surface area (Å²) in [6, 6.07) is 15.9. The minimum Gasteiger partial charge on any atom is -0.334 e. The molecule has 0 aliphatic carbocycles. The van der Waals surface area contributed by atoms with Crippen LogP contribution >= 0.6 is 23.4 Å². The summed E-state index contributed by atoms with van der Waals surface area (Å²) >= 11 is 8.03. The number of carbonyl (C=O) groups is 2. The molecule has 0 saturated carbocycles. The summed E-state index contributed by atoms with van der Waals surface area (Å²) in [5, 5.41) is 11.9. The molecule has 1 saturated heterocycles. The van der Waals surface area contributed by atoms with Gasteiger partial charge in [0.1, 0.15) is 0 Å². The van der Waals surface area contributed by atoms with Crippen molar-refractivity contribution in [2.75, 3.05) is 26.2 Å². The van der Waals surface area contributed by atoms with Crippen LogP contribution in [-0.2, 0) is 21.8 Å². The smallest absolute Gasteiger partial charge is 0.290 e. The van der Waals surface area contributed by atoms with Gasteiger partial charge in [-0.25, -0.2) is 0 Å². The zero-order chi connectivity index (χ0) is 25.2. The van der Waals surface area contributed by atoms with Crippen molar-refractivity contribution >= 4 is 40.7 Å². The third kappa shape index (κ3) is 4.86. The molecule has 1 aromatic heterocycles. The zero-order valence-electron chi connectivity index (χ0n) is 19.3. The molecule has 2 aromatic carbocycles. The van der Waals surface area contributed by atoms with Crippen molar-refractivity contribution < 1.29 is 14.5 Å². The number of Topliss-reactive ketones (excluding diaryl/α,β-unsaturated/α-hetero) is 1. The summed E-state index contributed by atoms with van der Waals surface area (Å²) in [4.78, 5) is 46.0. The molecule has 36 heavy (non-hydrogen) atoms. The molecule has 0 N–H and O–H groups in total. The molecule has 5 rings (SSSR count). The first-order chi connectivity index (χ1) is 17.4. The molecule has 2 aliphatic rings. The van der Waals surface area contributed by atoms with Crippen LogP contribution in [0.4, 0.5) is 5.69 Å². The Morgan fingerprint density at radius 3 is 2.64 bits per heavy atom. The van der Waals surface area contributed by atoms with Crippen LogP contribution in [0.5, 0.6) is 0 Å². The number of hydrogen-bond acceptors (Lipinski definition) is 7. The highest BCUT2D eigenvalue weighted by molar-refractivity contribution is 7.98. The first kappa shape index (κ1) is 24.4. The van der Waals surface area contributed by atoms with Gasteiger partial charge >= 0.3 is 0 Å². The number of benzene rings is 2. The normalized spacial score (nSPS) is 17.6. The van der Waals surface area contributed by atoms with E-state index in [1.54, 1.807) is 28.9 Å². The molecule has 8 nitrogen and oxygen atoms in total. The van der Waals surface area contributed by atoms with E-state index >= 15 is 0 Å². The highest BCUT2D eigenvalue weighted by Gasteiger charge is 2.34. The number of halogens is 1. The summed E-state index contributed by atoms with van der Waals surface area (Å²) in [6.45, 7) is 1.90. The number of nitro groups is 1. The SMILES string of the molecule is O=C(Cc1ccccc1[N+](=O)[O-])C(=O)N1CCN(C2c3ccc(Cl)cc3SCc3cccnc32)CC1. The lowest BCUT2D eigenvalue weighted by Gasteiger charge is -2.39. The van der Waals surface area contributed by atoms with Crippen LogP contribution in [0.15, 0.2) is 65.7 Å². The lowest BCUT2D eigenvalue weighted by atomic mass is 9.97. The van der Waals surface area contributed by atoms with Crippen molar-refractivity contribution in [2.45, 2.75) is 23.1 Å². The number of hydrogen-bond donors (Lipinski definition) is 0. The van der Waals surface area contributed by atoms with Gasteiger partial charge in [0.05, 0.1) is 16.7 Å². The minimum atomic E-state index is -0.643. The lowest BCUT2D eigenvalue weighted by molar-refractivity contribution is -0.385. The van der Waals surface area contributed by atoms with Crippen molar-refractivity contribution in [3.05, 3.63) is 98.3 Å². The van der Waals surface area contributed by atoms with E-state index in [4.69, 9.17) is 16.6 Å². The maximum atomic E-state index is 12.9. The third-order valence-corrected chi connectivity index (χ3v) is 7.94. The highest BCUT2D eigenvalue weighted by atomic mass is 35.5. The standard InChI is InChI=1S/C26H23ClN4O4S/c27-19-7-8-20-23(15-19)36-16-18-5-3-9-28-24(18)25(20)29-10-12-30(13-11-29)26(33)22(32)14-17-4-1-2-6-21(17)31(34)35/h1-9,15,25H,10-14,16H2. The van der Waals surface area contributed by atoms with E-state index < -0.39 is 16.6 Å². The predicted molar refractivity (Wildman–Crippen MR) is 137 cm³/mol. The van der Waals surface area contributed by atoms with E-state index in [0.717, 1.165) is 27.5 Å². The summed E-state index contributed by atoms with van der Waals surface area (Å²) in [7, 11) is 0. The predicted octanol–water partition coefficient (Wildman–Crippen LogP) is 4.29. The number of thioether (sulfide) groups is 1. The maximum absolute atomic E-state index is 12.9. The number of nitrogens with zero attached hydrogens (tertiary/aromatic N) is 4. The number of nitro benzene ring substituents is 1. The van der Waals surface area contributed by atoms with Gasteiger partial charge in [0.15, 0.2) is 0 Å². The molecule has 0 spiro atoms. The second kappa shape index (κ2) is 10.4. The lowest BCUT2D eigenvalue weighted by Crippen LogP contribution is -2.51. The maximum Gasteiger partial charge on any atom is 0.290 e. The largest absolute Gasteiger partial charge is 0.334 e. The highest BCUT2D eigenvalue weighted by Crippen LogP contribution is 2.42. The van der Waals surface area contributed by atoms with Gasteiger partial charge in [-0.3, -0.25) is 29.6 Å². The number of pyridine rings is 1. The molecule has 10 heteroatoms. The number of aromatic nitrogens is 1. The van der Waals surface area contributed by atoms with E-state index in [-0.39, 0.29) is 23.7 Å². The number of para-hydroxylation sites is 1. The Morgan fingerprint density at radius 1 is 1.08 bits per heavy atom. The van der Waals surface area contributed by atoms with Crippen LogP contribution < -0.4 is 0 Å². The first-order valence-electron chi connectivity index (χ1n) is 11.6. The van der Waals surface area contributed by atoms with Gasteiger partial charge < -0.3 is 4.90 Å². The van der Waals surface area contributed by atoms with Crippen LogP contribution in [-0.4, -0.2) is 57.6 Å². The Kier molecular flexibility index (Phi) is 7.04. The van der Waals surface area contributed by atoms with Gasteiger partial charge in [0.25, 0.3) is 11.6 Å². The second-order valence-electron chi connectivity index (χ2n) is 8.74. The molecule has 0 radical (unpaired) electrons. The number of amides is 1. The van der Waals surface area contributed by atoms with E-state index in [2.05, 4.69) is 11.0 Å². The summed E-state index contributed by atoms with van der Waals surface area (Å²) < 4.78 is 0. The van der Waals surface area contributed by atoms with E-state index in [1.165, 1.54) is 18.2 Å². The van der Waals surface area contributed by atoms with Crippen LogP contribution in [0.25, 0.3) is 0 Å². The molecule has 2 aliphatic heterocycles. The van der Waals surface area contributed by atoms with Crippen molar-refractivity contribution in [2.24, 2.45) is 0 Å². The van der Waals surface area contributed by atoms with Crippen molar-refractivity contribution in [3.63, 3.8) is 0 Å². The second-order valence-corrected chi connectivity index (χ2v) is 10.2. The van der Waals surface area contributed by atoms with Gasteiger partial charge in [-0.1, -0.05) is 41.9 Å². The summed E-state index contributed by atoms with van der Waals surface area (Å²) in [5.41, 5.74) is 3.39. The number of fused-ring (bicyclic) bond motifs is 2. The van der Waals surface area contributed by atoms with Crippen LogP contribution in [0.1, 0.15) is 28.4 Å². The fraction of sp³-hybridized carbons (Fsp3) is 0.269. The molecule has 184 valence electrons. The molecular weight excluding hydrogens is 500 g/mol. The molecule has 1 amide bonds. The number of carbonyl (C=O) groups excluding carboxylic acids is 2. The third-order valence-electron chi connectivity index (χ3n) is 6.58. The van der Waals surface area contributed by atoms with E-state index in [1.807, 2.05) is 24.3 Å². The zero-order valence-corrected chi connectivity index (χ0v) is 20.9. The Hall–Kier alpha value is -3.27. The average Bonchev–Trinajstić information content (AvgIpc) is 3.05. The quantitative estimate of drug-likeness (QED) is 0.280. The Morgan fingerprint density at radius 2 is 1.86 bits per heavy atom. The van der Waals surface area contributed by atoms with Crippen LogP contribution in [0.2, 0.25) is 5.02 Å².